The van der Waals surface area contributed by atoms with Crippen molar-refractivity contribution in [3.8, 4) is 0 Å². The molecular weight excluding hydrogens is 395 g/mol. The Hall–Kier alpha value is 0.650. The van der Waals surface area contributed by atoms with Gasteiger partial charge in [-0.15, -0.1) is 0 Å². The Kier molecular flexibility index (Phi) is 4.82. The monoisotopic (exact) mass is 400 g/mol. The fourth-order valence-electron chi connectivity index (χ4n) is 0.795. The SMILES string of the molecule is BrCC=C(I)c1ccc(Br)cc1. The summed E-state index contributed by atoms with van der Waals surface area (Å²) in [5.41, 5.74) is 1.26. The van der Waals surface area contributed by atoms with Gasteiger partial charge in [0, 0.05) is 13.4 Å². The Bertz CT molecular complexity index is 277. The van der Waals surface area contributed by atoms with Gasteiger partial charge >= 0.3 is 0 Å². The molecule has 0 heterocycles. The number of benzene rings is 1. The lowest BCUT2D eigenvalue weighted by Crippen LogP contribution is -1.75. The quantitative estimate of drug-likeness (QED) is 0.501. The molecule has 1 rings (SSSR count). The number of allylic oxidation sites excluding steroid dienone is 1. The maximum Gasteiger partial charge on any atom is 0.0225 e. The van der Waals surface area contributed by atoms with Crippen molar-refractivity contribution >= 4 is 58.0 Å². The van der Waals surface area contributed by atoms with Gasteiger partial charge in [-0.3, -0.25) is 0 Å². The second-order valence-electron chi connectivity index (χ2n) is 2.21. The van der Waals surface area contributed by atoms with Gasteiger partial charge in [0.2, 0.25) is 0 Å². The van der Waals surface area contributed by atoms with Crippen LogP contribution >= 0.6 is 54.5 Å². The van der Waals surface area contributed by atoms with Crippen LogP contribution in [0.2, 0.25) is 0 Å². The molecule has 0 atom stereocenters. The zero-order valence-corrected chi connectivity index (χ0v) is 11.6. The van der Waals surface area contributed by atoms with Gasteiger partial charge in [0.25, 0.3) is 0 Å². The number of rotatable bonds is 2. The number of alkyl halides is 1. The van der Waals surface area contributed by atoms with E-state index >= 15 is 0 Å². The van der Waals surface area contributed by atoms with Gasteiger partial charge in [0.05, 0.1) is 0 Å². The minimum absolute atomic E-state index is 0.904. The van der Waals surface area contributed by atoms with E-state index in [1.54, 1.807) is 0 Å². The third-order valence-corrected chi connectivity index (χ3v) is 3.29. The smallest absolute Gasteiger partial charge is 0.0225 e. The molecule has 0 amide bonds. The molecule has 0 radical (unpaired) electrons. The lowest BCUT2D eigenvalue weighted by atomic mass is 10.2. The van der Waals surface area contributed by atoms with Gasteiger partial charge in [-0.05, 0) is 40.3 Å². The molecule has 0 unspecified atom stereocenters. The molecule has 0 saturated carbocycles. The van der Waals surface area contributed by atoms with Crippen molar-refractivity contribution in [3.05, 3.63) is 40.4 Å². The summed E-state index contributed by atoms with van der Waals surface area (Å²) in [7, 11) is 0. The van der Waals surface area contributed by atoms with Gasteiger partial charge < -0.3 is 0 Å². The Balaban J connectivity index is 2.89. The van der Waals surface area contributed by atoms with E-state index in [1.807, 2.05) is 0 Å². The van der Waals surface area contributed by atoms with Crippen LogP contribution < -0.4 is 0 Å². The van der Waals surface area contributed by atoms with Crippen molar-refractivity contribution < 1.29 is 0 Å². The molecule has 64 valence electrons. The van der Waals surface area contributed by atoms with Gasteiger partial charge in [0.1, 0.15) is 0 Å². The van der Waals surface area contributed by atoms with Gasteiger partial charge in [-0.2, -0.15) is 0 Å². The van der Waals surface area contributed by atoms with E-state index in [-0.39, 0.29) is 0 Å². The summed E-state index contributed by atoms with van der Waals surface area (Å²) in [5, 5.41) is 0.904. The zero-order chi connectivity index (χ0) is 8.97. The van der Waals surface area contributed by atoms with E-state index in [0.717, 1.165) is 9.80 Å². The van der Waals surface area contributed by atoms with Crippen molar-refractivity contribution in [2.24, 2.45) is 0 Å². The van der Waals surface area contributed by atoms with Crippen LogP contribution in [0, 0.1) is 0 Å². The average molecular weight is 402 g/mol. The lowest BCUT2D eigenvalue weighted by Gasteiger charge is -1.98. The van der Waals surface area contributed by atoms with Crippen LogP contribution in [0.3, 0.4) is 0 Å². The third-order valence-electron chi connectivity index (χ3n) is 1.38. The molecule has 0 aliphatic rings. The van der Waals surface area contributed by atoms with Crippen LogP contribution in [0.25, 0.3) is 3.58 Å². The summed E-state index contributed by atoms with van der Waals surface area (Å²) >= 11 is 9.11. The molecule has 0 bridgehead atoms. The molecule has 0 aliphatic carbocycles. The standard InChI is InChI=1S/C9H7Br2I/c10-6-5-9(12)7-1-3-8(11)4-2-7/h1-5H,6H2. The Morgan fingerprint density at radius 2 is 1.92 bits per heavy atom. The predicted molar refractivity (Wildman–Crippen MR) is 69.9 cm³/mol. The lowest BCUT2D eigenvalue weighted by molar-refractivity contribution is 1.60. The van der Waals surface area contributed by atoms with Crippen LogP contribution in [0.4, 0.5) is 0 Å². The highest BCUT2D eigenvalue weighted by Gasteiger charge is 1.95. The molecular formula is C9H7Br2I. The molecule has 0 fully saturated rings. The molecule has 0 aromatic heterocycles. The molecule has 0 aliphatic heterocycles. The van der Waals surface area contributed by atoms with Crippen LogP contribution in [0.1, 0.15) is 5.56 Å². The van der Waals surface area contributed by atoms with Crippen molar-refractivity contribution in [2.45, 2.75) is 0 Å². The molecule has 0 saturated heterocycles. The predicted octanol–water partition coefficient (Wildman–Crippen LogP) is 4.62. The fraction of sp³-hybridized carbons (Fsp3) is 0.111. The van der Waals surface area contributed by atoms with Crippen LogP contribution in [-0.4, -0.2) is 5.33 Å². The van der Waals surface area contributed by atoms with Crippen molar-refractivity contribution in [1.82, 2.24) is 0 Å². The first-order valence-corrected chi connectivity index (χ1v) is 6.41. The highest BCUT2D eigenvalue weighted by molar-refractivity contribution is 14.1. The first kappa shape index (κ1) is 10.7. The number of hydrogen-bond acceptors (Lipinski definition) is 0. The summed E-state index contributed by atoms with van der Waals surface area (Å²) in [5.74, 6) is 0. The van der Waals surface area contributed by atoms with Crippen molar-refractivity contribution in [3.63, 3.8) is 0 Å². The summed E-state index contributed by atoms with van der Waals surface area (Å²) in [6.45, 7) is 0. The van der Waals surface area contributed by atoms with E-state index < -0.39 is 0 Å². The van der Waals surface area contributed by atoms with Gasteiger partial charge in [-0.25, -0.2) is 0 Å². The second kappa shape index (κ2) is 5.40. The molecule has 1 aromatic carbocycles. The highest BCUT2D eigenvalue weighted by atomic mass is 127. The van der Waals surface area contributed by atoms with Gasteiger partial charge in [-0.1, -0.05) is 50.1 Å². The Morgan fingerprint density at radius 3 is 2.42 bits per heavy atom. The minimum atomic E-state index is 0.904. The molecule has 0 N–H and O–H groups in total. The Morgan fingerprint density at radius 1 is 1.33 bits per heavy atom. The van der Waals surface area contributed by atoms with Crippen LogP contribution in [0.5, 0.6) is 0 Å². The summed E-state index contributed by atoms with van der Waals surface area (Å²) < 4.78 is 2.39. The number of hydrogen-bond donors (Lipinski definition) is 0. The molecule has 0 nitrogen and oxygen atoms in total. The maximum absolute atomic E-state index is 3.40. The Labute approximate surface area is 103 Å². The first-order chi connectivity index (χ1) is 5.74. The van der Waals surface area contributed by atoms with Crippen molar-refractivity contribution in [1.29, 1.82) is 0 Å². The summed E-state index contributed by atoms with van der Waals surface area (Å²) in [6.07, 6.45) is 2.14. The van der Waals surface area contributed by atoms with Crippen LogP contribution in [0.15, 0.2) is 34.8 Å². The van der Waals surface area contributed by atoms with E-state index in [4.69, 9.17) is 0 Å². The van der Waals surface area contributed by atoms with Crippen molar-refractivity contribution in [2.75, 3.05) is 5.33 Å². The van der Waals surface area contributed by atoms with E-state index in [9.17, 15) is 0 Å². The summed E-state index contributed by atoms with van der Waals surface area (Å²) in [6, 6.07) is 8.31. The fourth-order valence-corrected chi connectivity index (χ4v) is 2.57. The topological polar surface area (TPSA) is 0 Å². The first-order valence-electron chi connectivity index (χ1n) is 3.41. The molecule has 12 heavy (non-hydrogen) atoms. The third kappa shape index (κ3) is 3.18. The van der Waals surface area contributed by atoms with E-state index in [2.05, 4.69) is 84.8 Å². The molecule has 0 spiro atoms. The van der Waals surface area contributed by atoms with Gasteiger partial charge in [0.15, 0.2) is 0 Å². The highest BCUT2D eigenvalue weighted by Crippen LogP contribution is 2.23. The van der Waals surface area contributed by atoms with E-state index in [0.29, 0.717) is 0 Å². The largest absolute Gasteiger partial charge is 0.0882 e. The van der Waals surface area contributed by atoms with Crippen LogP contribution in [-0.2, 0) is 0 Å². The summed E-state index contributed by atoms with van der Waals surface area (Å²) in [4.78, 5) is 0. The zero-order valence-electron chi connectivity index (χ0n) is 6.23. The second-order valence-corrected chi connectivity index (χ2v) is 4.94. The average Bonchev–Trinajstić information content (AvgIpc) is 2.06. The molecule has 3 heteroatoms. The number of halogens is 3. The normalized spacial score (nSPS) is 11.8. The maximum atomic E-state index is 3.40. The molecule has 1 aromatic rings. The van der Waals surface area contributed by atoms with E-state index in [1.165, 1.54) is 9.14 Å². The minimum Gasteiger partial charge on any atom is -0.0882 e.